The van der Waals surface area contributed by atoms with Crippen LogP contribution < -0.4 is 4.90 Å². The molecule has 10 rings (SSSR count). The summed E-state index contributed by atoms with van der Waals surface area (Å²) < 4.78 is 2.52. The average molecular weight is 818 g/mol. The number of benzene rings is 8. The van der Waals surface area contributed by atoms with Gasteiger partial charge in [0.05, 0.1) is 10.8 Å². The molecule has 2 heterocycles. The molecule has 63 heavy (non-hydrogen) atoms. The van der Waals surface area contributed by atoms with Gasteiger partial charge in [-0.15, -0.1) is 0 Å². The van der Waals surface area contributed by atoms with Gasteiger partial charge in [0.1, 0.15) is 7.05 Å². The molecule has 0 N–H and O–H groups in total. The molecule has 310 valence electrons. The molecular weight excluding hydrogens is 761 g/mol. The van der Waals surface area contributed by atoms with Gasteiger partial charge in [0, 0.05) is 35.0 Å². The van der Waals surface area contributed by atoms with Crippen molar-refractivity contribution in [3.63, 3.8) is 0 Å². The van der Waals surface area contributed by atoms with Gasteiger partial charge in [0.2, 0.25) is 5.69 Å². The van der Waals surface area contributed by atoms with E-state index in [9.17, 15) is 0 Å². The number of allylic oxidation sites excluding steroid dienone is 4. The monoisotopic (exact) mass is 817 g/mol. The van der Waals surface area contributed by atoms with Crippen molar-refractivity contribution < 1.29 is 4.58 Å². The minimum Gasteiger partial charge on any atom is -0.344 e. The lowest BCUT2D eigenvalue weighted by molar-refractivity contribution is -0.400. The first-order chi connectivity index (χ1) is 30.9. The molecule has 0 saturated heterocycles. The number of hydrogen-bond acceptors (Lipinski definition) is 1. The van der Waals surface area contributed by atoms with E-state index in [1.807, 2.05) is 0 Å². The molecule has 0 radical (unpaired) electrons. The third-order valence-corrected chi connectivity index (χ3v) is 13.9. The fraction of sp³-hybridized carbons (Fsp3) is 0.197. The Labute approximate surface area is 374 Å². The van der Waals surface area contributed by atoms with E-state index < -0.39 is 0 Å². The predicted molar refractivity (Wildman–Crippen MR) is 267 cm³/mol. The van der Waals surface area contributed by atoms with Gasteiger partial charge in [0.25, 0.3) is 0 Å². The van der Waals surface area contributed by atoms with Crippen molar-refractivity contribution in [1.29, 1.82) is 0 Å². The molecule has 0 saturated carbocycles. The van der Waals surface area contributed by atoms with E-state index in [2.05, 4.69) is 243 Å². The summed E-state index contributed by atoms with van der Waals surface area (Å²) in [6.45, 7) is 5.66. The van der Waals surface area contributed by atoms with Crippen molar-refractivity contribution in [2.24, 2.45) is 5.92 Å². The van der Waals surface area contributed by atoms with Crippen LogP contribution in [0.15, 0.2) is 218 Å². The lowest BCUT2D eigenvalue weighted by Gasteiger charge is -2.35. The normalized spacial score (nSPS) is 15.9. The zero-order valence-corrected chi connectivity index (χ0v) is 36.9. The van der Waals surface area contributed by atoms with Gasteiger partial charge in [-0.25, -0.2) is 0 Å². The molecule has 0 aromatic heterocycles. The summed E-state index contributed by atoms with van der Waals surface area (Å²) in [4.78, 5) is 2.70. The molecule has 8 aromatic carbocycles. The Morgan fingerprint density at radius 1 is 0.508 bits per heavy atom. The lowest BCUT2D eigenvalue weighted by atomic mass is 9.68. The van der Waals surface area contributed by atoms with Crippen LogP contribution >= 0.6 is 0 Å². The van der Waals surface area contributed by atoms with Crippen molar-refractivity contribution in [2.75, 3.05) is 18.5 Å². The number of hydrogen-bond donors (Lipinski definition) is 0. The fourth-order valence-electron chi connectivity index (χ4n) is 11.1. The number of rotatable bonds is 13. The molecule has 2 aliphatic heterocycles. The predicted octanol–water partition coefficient (Wildman–Crippen LogP) is 14.2. The number of nitrogens with zero attached hydrogens (tertiary/aromatic N) is 2. The van der Waals surface area contributed by atoms with Gasteiger partial charge >= 0.3 is 0 Å². The highest BCUT2D eigenvalue weighted by Crippen LogP contribution is 2.55. The molecule has 2 heteroatoms. The van der Waals surface area contributed by atoms with Gasteiger partial charge in [-0.05, 0) is 100 Å². The number of anilines is 1. The topological polar surface area (TPSA) is 6.25 Å². The molecule has 0 amide bonds. The Balaban J connectivity index is 1.22. The van der Waals surface area contributed by atoms with Crippen LogP contribution in [0.25, 0.3) is 21.5 Å². The largest absolute Gasteiger partial charge is 0.344 e. The Morgan fingerprint density at radius 2 is 0.968 bits per heavy atom. The minimum absolute atomic E-state index is 0.316. The quantitative estimate of drug-likeness (QED) is 0.105. The third-order valence-electron chi connectivity index (χ3n) is 13.9. The molecule has 0 bridgehead atoms. The Bertz CT molecular complexity index is 2890. The van der Waals surface area contributed by atoms with Crippen molar-refractivity contribution in [3.8, 4) is 0 Å². The summed E-state index contributed by atoms with van der Waals surface area (Å²) in [6, 6.07) is 72.2. The van der Waals surface area contributed by atoms with Crippen molar-refractivity contribution in [2.45, 2.75) is 56.8 Å². The van der Waals surface area contributed by atoms with Gasteiger partial charge in [0.15, 0.2) is 5.71 Å². The van der Waals surface area contributed by atoms with Crippen molar-refractivity contribution in [3.05, 3.63) is 251 Å². The van der Waals surface area contributed by atoms with Crippen LogP contribution in [0.3, 0.4) is 0 Å². The van der Waals surface area contributed by atoms with Gasteiger partial charge in [-0.3, -0.25) is 0 Å². The van der Waals surface area contributed by atoms with Gasteiger partial charge in [-0.1, -0.05) is 202 Å². The van der Waals surface area contributed by atoms with E-state index in [0.717, 1.165) is 38.6 Å². The van der Waals surface area contributed by atoms with Crippen molar-refractivity contribution >= 4 is 38.6 Å². The first kappa shape index (κ1) is 40.3. The standard InChI is InChI=1S/C61H57N2/c1-45(2)39-40-63-55-38-36-50-29-16-18-31-52(50)58(55)61(43-48-25-12-6-13-26-48,44-49-27-14-7-15-28-49)57(63)34-20-33-56-60(41-46-21-8-4-9-22-46,42-47-23-10-5-11-24-47)54-37-35-51-30-17-19-32-53(51)59(54)62(56)3/h4-38,45H,39-44H2,1-3H3/q+1. The van der Waals surface area contributed by atoms with E-state index in [-0.39, 0.29) is 10.8 Å². The van der Waals surface area contributed by atoms with E-state index in [0.29, 0.717) is 5.92 Å². The Hall–Kier alpha value is -6.77. The summed E-state index contributed by atoms with van der Waals surface area (Å²) in [5, 5.41) is 5.21. The van der Waals surface area contributed by atoms with Crippen LogP contribution in [0, 0.1) is 5.92 Å². The second kappa shape index (κ2) is 17.2. The SMILES string of the molecule is CC(C)CCN1C(=CC=CC2=[N+](C)c3c(ccc4ccccc34)C2(Cc2ccccc2)Cc2ccccc2)C(Cc2ccccc2)(Cc2ccccc2)c2c1ccc1ccccc21. The maximum atomic E-state index is 2.70. The van der Waals surface area contributed by atoms with Crippen LogP contribution in [0.4, 0.5) is 11.4 Å². The Morgan fingerprint density at radius 3 is 1.51 bits per heavy atom. The minimum atomic E-state index is -0.337. The van der Waals surface area contributed by atoms with Crippen LogP contribution in [0.5, 0.6) is 0 Å². The van der Waals surface area contributed by atoms with Crippen LogP contribution in [0.2, 0.25) is 0 Å². The fourth-order valence-corrected chi connectivity index (χ4v) is 11.1. The zero-order valence-electron chi connectivity index (χ0n) is 36.9. The molecule has 0 unspecified atom stereocenters. The number of fused-ring (bicyclic) bond motifs is 6. The van der Waals surface area contributed by atoms with Crippen LogP contribution in [0.1, 0.15) is 53.6 Å². The summed E-state index contributed by atoms with van der Waals surface area (Å²) in [5.41, 5.74) is 12.9. The molecule has 0 atom stereocenters. The molecule has 2 nitrogen and oxygen atoms in total. The van der Waals surface area contributed by atoms with E-state index >= 15 is 0 Å². The molecule has 8 aromatic rings. The van der Waals surface area contributed by atoms with Crippen LogP contribution in [-0.2, 0) is 36.5 Å². The van der Waals surface area contributed by atoms with Gasteiger partial charge < -0.3 is 4.90 Å². The molecular formula is C61H57N2+. The van der Waals surface area contributed by atoms with E-state index in [4.69, 9.17) is 0 Å². The maximum Gasteiger partial charge on any atom is 0.217 e. The molecule has 0 spiro atoms. The highest BCUT2D eigenvalue weighted by molar-refractivity contribution is 6.08. The van der Waals surface area contributed by atoms with E-state index in [1.165, 1.54) is 77.7 Å². The summed E-state index contributed by atoms with van der Waals surface area (Å²) in [7, 11) is 2.30. The van der Waals surface area contributed by atoms with Crippen molar-refractivity contribution in [1.82, 2.24) is 0 Å². The molecule has 0 aliphatic carbocycles. The lowest BCUT2D eigenvalue weighted by Crippen LogP contribution is -2.39. The molecule has 0 fully saturated rings. The highest BCUT2D eigenvalue weighted by atomic mass is 15.2. The smallest absolute Gasteiger partial charge is 0.217 e. The molecule has 2 aliphatic rings. The second-order valence-corrected chi connectivity index (χ2v) is 18.4. The summed E-state index contributed by atoms with van der Waals surface area (Å²) in [5.74, 6) is 0.566. The van der Waals surface area contributed by atoms with Crippen LogP contribution in [-0.4, -0.2) is 23.9 Å². The van der Waals surface area contributed by atoms with Gasteiger partial charge in [-0.2, -0.15) is 4.58 Å². The second-order valence-electron chi connectivity index (χ2n) is 18.4. The summed E-state index contributed by atoms with van der Waals surface area (Å²) in [6.07, 6.45) is 12.1. The highest BCUT2D eigenvalue weighted by Gasteiger charge is 2.51. The average Bonchev–Trinajstić information content (AvgIpc) is 3.70. The first-order valence-corrected chi connectivity index (χ1v) is 22.9. The third kappa shape index (κ3) is 7.52. The Kier molecular flexibility index (Phi) is 11.0. The maximum absolute atomic E-state index is 2.70. The van der Waals surface area contributed by atoms with E-state index in [1.54, 1.807) is 0 Å². The summed E-state index contributed by atoms with van der Waals surface area (Å²) >= 11 is 0. The zero-order chi connectivity index (χ0) is 42.8. The first-order valence-electron chi connectivity index (χ1n) is 22.9.